The second-order valence-electron chi connectivity index (χ2n) is 5.91. The molecule has 0 fully saturated rings. The monoisotopic (exact) mass is 360 g/mol. The number of para-hydroxylation sites is 1. The Hall–Kier alpha value is -3.53. The molecule has 0 aliphatic heterocycles. The van der Waals surface area contributed by atoms with Crippen molar-refractivity contribution in [1.82, 2.24) is 0 Å². The maximum Gasteiger partial charge on any atom is 0.341 e. The second kappa shape index (κ2) is 8.72. The molecule has 27 heavy (non-hydrogen) atoms. The number of phenolic OH excluding ortho intramolecular Hbond substituents is 1. The Labute approximate surface area is 158 Å². The van der Waals surface area contributed by atoms with Crippen LogP contribution in [0.25, 0.3) is 12.2 Å². The largest absolute Gasteiger partial charge is 0.507 e. The van der Waals surface area contributed by atoms with E-state index in [2.05, 4.69) is 4.74 Å². The van der Waals surface area contributed by atoms with Gasteiger partial charge in [-0.15, -0.1) is 0 Å². The lowest BCUT2D eigenvalue weighted by Gasteiger charge is -2.09. The fourth-order valence-electron chi connectivity index (χ4n) is 2.61. The summed E-state index contributed by atoms with van der Waals surface area (Å²) in [6, 6.07) is 22.5. The van der Waals surface area contributed by atoms with Gasteiger partial charge in [0.25, 0.3) is 0 Å². The van der Waals surface area contributed by atoms with Gasteiger partial charge in [0.15, 0.2) is 0 Å². The van der Waals surface area contributed by atoms with E-state index in [9.17, 15) is 9.90 Å². The number of hydrogen-bond donors (Lipinski definition) is 1. The molecule has 0 spiro atoms. The Kier molecular flexibility index (Phi) is 5.90. The molecule has 3 rings (SSSR count). The molecule has 0 radical (unpaired) electrons. The highest BCUT2D eigenvalue weighted by Gasteiger charge is 2.10. The SMILES string of the molecule is COC(=O)c1ccc(C=Cc2ccccc2OCc2ccccc2)cc1O. The number of phenols is 1. The lowest BCUT2D eigenvalue weighted by molar-refractivity contribution is 0.0597. The third kappa shape index (κ3) is 4.76. The number of ether oxygens (including phenoxy) is 2. The summed E-state index contributed by atoms with van der Waals surface area (Å²) in [4.78, 5) is 11.5. The average molecular weight is 360 g/mol. The van der Waals surface area contributed by atoms with E-state index in [-0.39, 0.29) is 11.3 Å². The number of carbonyl (C=O) groups excluding carboxylic acids is 1. The van der Waals surface area contributed by atoms with Crippen LogP contribution in [-0.2, 0) is 11.3 Å². The zero-order valence-electron chi connectivity index (χ0n) is 15.0. The van der Waals surface area contributed by atoms with Crippen molar-refractivity contribution in [3.8, 4) is 11.5 Å². The van der Waals surface area contributed by atoms with E-state index in [0.29, 0.717) is 6.61 Å². The molecule has 4 nitrogen and oxygen atoms in total. The minimum atomic E-state index is -0.567. The molecule has 0 bridgehead atoms. The summed E-state index contributed by atoms with van der Waals surface area (Å²) >= 11 is 0. The topological polar surface area (TPSA) is 55.8 Å². The molecule has 0 atom stereocenters. The Bertz CT molecular complexity index is 946. The van der Waals surface area contributed by atoms with Crippen LogP contribution in [0.4, 0.5) is 0 Å². The highest BCUT2D eigenvalue weighted by atomic mass is 16.5. The normalized spacial score (nSPS) is 10.7. The summed E-state index contributed by atoms with van der Waals surface area (Å²) in [7, 11) is 1.28. The molecule has 1 N–H and O–H groups in total. The molecule has 3 aromatic carbocycles. The molecule has 0 amide bonds. The Morgan fingerprint density at radius 2 is 1.70 bits per heavy atom. The fraction of sp³-hybridized carbons (Fsp3) is 0.0870. The van der Waals surface area contributed by atoms with Crippen LogP contribution in [-0.4, -0.2) is 18.2 Å². The number of aromatic hydroxyl groups is 1. The molecule has 0 saturated heterocycles. The van der Waals surface area contributed by atoms with Crippen LogP contribution in [0.15, 0.2) is 72.8 Å². The molecule has 3 aromatic rings. The highest BCUT2D eigenvalue weighted by Crippen LogP contribution is 2.24. The predicted octanol–water partition coefficient (Wildman–Crippen LogP) is 4.93. The van der Waals surface area contributed by atoms with Gasteiger partial charge in [-0.2, -0.15) is 0 Å². The lowest BCUT2D eigenvalue weighted by atomic mass is 10.1. The number of benzene rings is 3. The van der Waals surface area contributed by atoms with E-state index in [1.54, 1.807) is 12.1 Å². The van der Waals surface area contributed by atoms with Gasteiger partial charge in [0, 0.05) is 5.56 Å². The van der Waals surface area contributed by atoms with Gasteiger partial charge in [-0.3, -0.25) is 0 Å². The first-order chi connectivity index (χ1) is 13.2. The van der Waals surface area contributed by atoms with Crippen LogP contribution < -0.4 is 4.74 Å². The zero-order chi connectivity index (χ0) is 19.1. The van der Waals surface area contributed by atoms with Gasteiger partial charge < -0.3 is 14.6 Å². The van der Waals surface area contributed by atoms with Gasteiger partial charge in [-0.25, -0.2) is 4.79 Å². The van der Waals surface area contributed by atoms with Crippen molar-refractivity contribution >= 4 is 18.1 Å². The van der Waals surface area contributed by atoms with Crippen LogP contribution in [0.3, 0.4) is 0 Å². The van der Waals surface area contributed by atoms with Gasteiger partial charge in [0.2, 0.25) is 0 Å². The maximum absolute atomic E-state index is 11.5. The van der Waals surface area contributed by atoms with Crippen LogP contribution in [0.5, 0.6) is 11.5 Å². The summed E-state index contributed by atoms with van der Waals surface area (Å²) < 4.78 is 10.6. The minimum Gasteiger partial charge on any atom is -0.507 e. The molecule has 0 saturated carbocycles. The summed E-state index contributed by atoms with van der Waals surface area (Å²) in [6.45, 7) is 0.486. The van der Waals surface area contributed by atoms with Gasteiger partial charge in [-0.05, 0) is 29.3 Å². The van der Waals surface area contributed by atoms with Crippen molar-refractivity contribution in [2.24, 2.45) is 0 Å². The van der Waals surface area contributed by atoms with Crippen LogP contribution in [0, 0.1) is 0 Å². The van der Waals surface area contributed by atoms with Crippen molar-refractivity contribution in [1.29, 1.82) is 0 Å². The van der Waals surface area contributed by atoms with E-state index < -0.39 is 5.97 Å². The lowest BCUT2D eigenvalue weighted by Crippen LogP contribution is -2.01. The molecule has 0 aliphatic rings. The first-order valence-corrected chi connectivity index (χ1v) is 8.52. The van der Waals surface area contributed by atoms with Gasteiger partial charge in [0.1, 0.15) is 23.7 Å². The quantitative estimate of drug-likeness (QED) is 0.500. The molecule has 0 unspecified atom stereocenters. The van der Waals surface area contributed by atoms with Gasteiger partial charge in [-0.1, -0.05) is 66.7 Å². The molecule has 0 aliphatic carbocycles. The predicted molar refractivity (Wildman–Crippen MR) is 106 cm³/mol. The number of hydrogen-bond acceptors (Lipinski definition) is 4. The number of carbonyl (C=O) groups is 1. The fourth-order valence-corrected chi connectivity index (χ4v) is 2.61. The van der Waals surface area contributed by atoms with Crippen molar-refractivity contribution in [2.45, 2.75) is 6.61 Å². The van der Waals surface area contributed by atoms with Crippen LogP contribution in [0.1, 0.15) is 27.0 Å². The number of rotatable bonds is 6. The maximum atomic E-state index is 11.5. The number of methoxy groups -OCH3 is 1. The van der Waals surface area contributed by atoms with E-state index >= 15 is 0 Å². The Morgan fingerprint density at radius 1 is 0.963 bits per heavy atom. The Balaban J connectivity index is 1.75. The summed E-state index contributed by atoms with van der Waals surface area (Å²) in [5, 5.41) is 10.00. The van der Waals surface area contributed by atoms with Crippen molar-refractivity contribution in [3.63, 3.8) is 0 Å². The van der Waals surface area contributed by atoms with Gasteiger partial charge in [0.05, 0.1) is 7.11 Å². The molecule has 136 valence electrons. The van der Waals surface area contributed by atoms with Crippen molar-refractivity contribution < 1.29 is 19.4 Å². The smallest absolute Gasteiger partial charge is 0.341 e. The standard InChI is InChI=1S/C23H20O4/c1-26-23(25)20-14-12-17(15-21(20)24)11-13-19-9-5-6-10-22(19)27-16-18-7-3-2-4-8-18/h2-15,24H,16H2,1H3. The second-order valence-corrected chi connectivity index (χ2v) is 5.91. The zero-order valence-corrected chi connectivity index (χ0v) is 15.0. The average Bonchev–Trinajstić information content (AvgIpc) is 2.71. The molecular weight excluding hydrogens is 340 g/mol. The molecule has 0 aromatic heterocycles. The van der Waals surface area contributed by atoms with E-state index in [4.69, 9.17) is 4.74 Å². The first kappa shape index (κ1) is 18.3. The molecule has 0 heterocycles. The summed E-state index contributed by atoms with van der Waals surface area (Å²) in [6.07, 6.45) is 3.76. The van der Waals surface area contributed by atoms with E-state index in [1.165, 1.54) is 13.2 Å². The Morgan fingerprint density at radius 3 is 2.44 bits per heavy atom. The first-order valence-electron chi connectivity index (χ1n) is 8.52. The van der Waals surface area contributed by atoms with Crippen molar-refractivity contribution in [2.75, 3.05) is 7.11 Å². The van der Waals surface area contributed by atoms with E-state index in [1.807, 2.05) is 66.7 Å². The number of esters is 1. The minimum absolute atomic E-state index is 0.113. The van der Waals surface area contributed by atoms with Crippen LogP contribution in [0.2, 0.25) is 0 Å². The summed E-state index contributed by atoms with van der Waals surface area (Å²) in [5.74, 6) is 0.0910. The highest BCUT2D eigenvalue weighted by molar-refractivity contribution is 5.92. The van der Waals surface area contributed by atoms with Crippen molar-refractivity contribution in [3.05, 3.63) is 95.1 Å². The van der Waals surface area contributed by atoms with Crippen LogP contribution >= 0.6 is 0 Å². The molecular formula is C23H20O4. The third-order valence-electron chi connectivity index (χ3n) is 4.04. The van der Waals surface area contributed by atoms with Gasteiger partial charge >= 0.3 is 5.97 Å². The molecule has 4 heteroatoms. The van der Waals surface area contributed by atoms with E-state index in [0.717, 1.165) is 22.4 Å². The third-order valence-corrected chi connectivity index (χ3v) is 4.04. The summed E-state index contributed by atoms with van der Waals surface area (Å²) in [5.41, 5.74) is 2.92.